The number of hydrogen-bond donors (Lipinski definition) is 2. The number of nitrogens with one attached hydrogen (secondary N) is 1. The van der Waals surface area contributed by atoms with Crippen molar-refractivity contribution in [1.29, 1.82) is 0 Å². The van der Waals surface area contributed by atoms with Gasteiger partial charge in [-0.05, 0) is 70.2 Å². The van der Waals surface area contributed by atoms with E-state index in [9.17, 15) is 14.7 Å². The molecule has 0 bridgehead atoms. The Labute approximate surface area is 187 Å². The summed E-state index contributed by atoms with van der Waals surface area (Å²) in [5, 5.41) is 12.9. The van der Waals surface area contributed by atoms with Gasteiger partial charge in [0.2, 0.25) is 0 Å². The predicted molar refractivity (Wildman–Crippen MR) is 123 cm³/mol. The fourth-order valence-electron chi connectivity index (χ4n) is 3.46. The summed E-state index contributed by atoms with van der Waals surface area (Å²) in [6, 6.07) is 6.75. The van der Waals surface area contributed by atoms with Gasteiger partial charge in [0, 0.05) is 17.1 Å². The van der Waals surface area contributed by atoms with Gasteiger partial charge in [-0.15, -0.1) is 11.3 Å². The molecule has 2 aromatic rings. The lowest BCUT2D eigenvalue weighted by Gasteiger charge is -2.24. The van der Waals surface area contributed by atoms with Crippen molar-refractivity contribution in [2.24, 2.45) is 0 Å². The number of nitrogens with zero attached hydrogens (tertiary/aromatic N) is 2. The first-order chi connectivity index (χ1) is 14.8. The van der Waals surface area contributed by atoms with Crippen molar-refractivity contribution in [2.75, 3.05) is 16.8 Å². The molecule has 0 fully saturated rings. The molecule has 0 aliphatic heterocycles. The Kier molecular flexibility index (Phi) is 7.54. The van der Waals surface area contributed by atoms with Gasteiger partial charge in [-0.2, -0.15) is 0 Å². The zero-order chi connectivity index (χ0) is 22.4. The maximum absolute atomic E-state index is 13.1. The third-order valence-corrected chi connectivity index (χ3v) is 6.40. The molecule has 7 nitrogen and oxygen atoms in total. The fraction of sp³-hybridized carbons (Fsp3) is 0.522. The molecule has 0 saturated carbocycles. The van der Waals surface area contributed by atoms with E-state index in [-0.39, 0.29) is 6.03 Å². The number of anilines is 2. The number of ether oxygens (including phenoxy) is 1. The molecular formula is C23H31N3O4S. The van der Waals surface area contributed by atoms with Crippen LogP contribution in [-0.2, 0) is 17.6 Å². The fourth-order valence-corrected chi connectivity index (χ4v) is 4.50. The maximum Gasteiger partial charge on any atom is 0.347 e. The molecule has 1 aliphatic carbocycles. The van der Waals surface area contributed by atoms with Crippen LogP contribution in [0.5, 0.6) is 5.75 Å². The number of hydrogen-bond acceptors (Lipinski definition) is 5. The molecule has 1 aliphatic rings. The number of amides is 2. The van der Waals surface area contributed by atoms with Crippen molar-refractivity contribution in [1.82, 2.24) is 4.98 Å². The van der Waals surface area contributed by atoms with Gasteiger partial charge in [-0.3, -0.25) is 10.2 Å². The average molecular weight is 446 g/mol. The van der Waals surface area contributed by atoms with E-state index in [1.54, 1.807) is 40.5 Å². The number of carboxylic acids is 1. The molecule has 2 N–H and O–H groups in total. The van der Waals surface area contributed by atoms with Crippen LogP contribution in [0.1, 0.15) is 63.4 Å². The summed E-state index contributed by atoms with van der Waals surface area (Å²) in [5.41, 5.74) is 0.519. The Hall–Kier alpha value is -2.61. The number of aromatic nitrogens is 1. The molecule has 0 saturated heterocycles. The highest BCUT2D eigenvalue weighted by Crippen LogP contribution is 2.30. The van der Waals surface area contributed by atoms with Crippen LogP contribution in [-0.4, -0.2) is 34.2 Å². The first kappa shape index (κ1) is 23.1. The normalized spacial score (nSPS) is 13.4. The highest BCUT2D eigenvalue weighted by molar-refractivity contribution is 7.15. The largest absolute Gasteiger partial charge is 0.478 e. The Bertz CT molecular complexity index is 885. The van der Waals surface area contributed by atoms with Gasteiger partial charge in [0.1, 0.15) is 5.75 Å². The van der Waals surface area contributed by atoms with Crippen LogP contribution in [0.3, 0.4) is 0 Å². The second-order valence-electron chi connectivity index (χ2n) is 8.30. The number of aliphatic carboxylic acids is 1. The molecule has 0 atom stereocenters. The Morgan fingerprint density at radius 1 is 1.19 bits per heavy atom. The maximum atomic E-state index is 13.1. The highest BCUT2D eigenvalue weighted by atomic mass is 32.1. The third-order valence-electron chi connectivity index (χ3n) is 5.33. The molecule has 0 radical (unpaired) electrons. The minimum atomic E-state index is -1.33. The summed E-state index contributed by atoms with van der Waals surface area (Å²) in [5.74, 6) is -0.596. The van der Waals surface area contributed by atoms with Crippen molar-refractivity contribution in [3.8, 4) is 5.75 Å². The van der Waals surface area contributed by atoms with Gasteiger partial charge in [0.15, 0.2) is 10.7 Å². The smallest absolute Gasteiger partial charge is 0.347 e. The number of aryl methyl sites for hydroxylation is 2. The SMILES string of the molecule is CCCCCN(C(=O)Nc1nc2c(s1)CCCC2)c1ccc(OC(C)(C)C(=O)O)cc1. The van der Waals surface area contributed by atoms with Crippen LogP contribution in [0.15, 0.2) is 24.3 Å². The molecular weight excluding hydrogens is 414 g/mol. The van der Waals surface area contributed by atoms with Crippen molar-refractivity contribution >= 4 is 34.2 Å². The van der Waals surface area contributed by atoms with E-state index in [0.29, 0.717) is 17.4 Å². The lowest BCUT2D eigenvalue weighted by Crippen LogP contribution is -2.38. The van der Waals surface area contributed by atoms with Gasteiger partial charge in [-0.25, -0.2) is 14.6 Å². The number of unbranched alkanes of at least 4 members (excludes halogenated alkanes) is 2. The molecule has 2 amide bonds. The van der Waals surface area contributed by atoms with E-state index in [4.69, 9.17) is 4.74 Å². The zero-order valence-electron chi connectivity index (χ0n) is 18.4. The second kappa shape index (κ2) is 10.1. The minimum Gasteiger partial charge on any atom is -0.478 e. The number of urea groups is 1. The topological polar surface area (TPSA) is 91.8 Å². The third kappa shape index (κ3) is 5.97. The summed E-state index contributed by atoms with van der Waals surface area (Å²) in [6.45, 7) is 5.72. The molecule has 31 heavy (non-hydrogen) atoms. The van der Waals surface area contributed by atoms with E-state index < -0.39 is 11.6 Å². The van der Waals surface area contributed by atoms with Crippen molar-refractivity contribution < 1.29 is 19.4 Å². The molecule has 8 heteroatoms. The Morgan fingerprint density at radius 3 is 2.55 bits per heavy atom. The first-order valence-electron chi connectivity index (χ1n) is 10.9. The lowest BCUT2D eigenvalue weighted by atomic mass is 10.0. The van der Waals surface area contributed by atoms with Crippen LogP contribution in [0.2, 0.25) is 0 Å². The van der Waals surface area contributed by atoms with E-state index in [1.807, 2.05) is 0 Å². The number of fused-ring (bicyclic) bond motifs is 1. The Balaban J connectivity index is 1.74. The standard InChI is InChI=1S/C23H31N3O4S/c1-4-5-8-15-26(16-11-13-17(14-12-16)30-23(2,3)20(27)28)22(29)25-21-24-18-9-6-7-10-19(18)31-21/h11-14H,4-10,15H2,1-3H3,(H,27,28)(H,24,25,29). The molecule has 1 heterocycles. The van der Waals surface area contributed by atoms with Crippen molar-refractivity contribution in [2.45, 2.75) is 71.3 Å². The van der Waals surface area contributed by atoms with E-state index in [0.717, 1.165) is 49.9 Å². The first-order valence-corrected chi connectivity index (χ1v) is 11.7. The summed E-state index contributed by atoms with van der Waals surface area (Å²) in [4.78, 5) is 32.0. The van der Waals surface area contributed by atoms with E-state index >= 15 is 0 Å². The highest BCUT2D eigenvalue weighted by Gasteiger charge is 2.29. The summed E-state index contributed by atoms with van der Waals surface area (Å²) in [6.07, 6.45) is 7.34. The minimum absolute atomic E-state index is 0.207. The van der Waals surface area contributed by atoms with Gasteiger partial charge < -0.3 is 9.84 Å². The molecule has 3 rings (SSSR count). The van der Waals surface area contributed by atoms with Gasteiger partial charge in [0.05, 0.1) is 5.69 Å². The molecule has 0 spiro atoms. The number of thiazole rings is 1. The summed E-state index contributed by atoms with van der Waals surface area (Å²) >= 11 is 1.57. The lowest BCUT2D eigenvalue weighted by molar-refractivity contribution is -0.152. The number of carbonyl (C=O) groups excluding carboxylic acids is 1. The van der Waals surface area contributed by atoms with Crippen molar-refractivity contribution in [3.63, 3.8) is 0 Å². The zero-order valence-corrected chi connectivity index (χ0v) is 19.3. The van der Waals surface area contributed by atoms with Gasteiger partial charge in [0.25, 0.3) is 0 Å². The Morgan fingerprint density at radius 2 is 1.90 bits per heavy atom. The number of benzene rings is 1. The van der Waals surface area contributed by atoms with Crippen LogP contribution in [0.4, 0.5) is 15.6 Å². The van der Waals surface area contributed by atoms with Crippen LogP contribution in [0.25, 0.3) is 0 Å². The van der Waals surface area contributed by atoms with Crippen molar-refractivity contribution in [3.05, 3.63) is 34.8 Å². The molecule has 1 aromatic heterocycles. The van der Waals surface area contributed by atoms with E-state index in [1.165, 1.54) is 25.1 Å². The average Bonchev–Trinajstić information content (AvgIpc) is 3.14. The number of carboxylic acid groups (broad SMARTS) is 1. The van der Waals surface area contributed by atoms with Gasteiger partial charge in [-0.1, -0.05) is 19.8 Å². The molecule has 0 unspecified atom stereocenters. The summed E-state index contributed by atoms with van der Waals surface area (Å²) < 4.78 is 5.57. The molecule has 168 valence electrons. The monoisotopic (exact) mass is 445 g/mol. The molecule has 1 aromatic carbocycles. The number of rotatable bonds is 9. The predicted octanol–water partition coefficient (Wildman–Crippen LogP) is 5.49. The van der Waals surface area contributed by atoms with Crippen LogP contribution in [0, 0.1) is 0 Å². The second-order valence-corrected chi connectivity index (χ2v) is 9.38. The van der Waals surface area contributed by atoms with Crippen LogP contribution < -0.4 is 15.0 Å². The van der Waals surface area contributed by atoms with Gasteiger partial charge >= 0.3 is 12.0 Å². The quantitative estimate of drug-likeness (QED) is 0.498. The number of carbonyl (C=O) groups is 2. The van der Waals surface area contributed by atoms with E-state index in [2.05, 4.69) is 17.2 Å². The summed E-state index contributed by atoms with van der Waals surface area (Å²) in [7, 11) is 0. The van der Waals surface area contributed by atoms with Crippen LogP contribution >= 0.6 is 11.3 Å².